The lowest BCUT2D eigenvalue weighted by molar-refractivity contribution is 0.972. The molecule has 0 radical (unpaired) electrons. The highest BCUT2D eigenvalue weighted by Crippen LogP contribution is 2.22. The fourth-order valence-corrected chi connectivity index (χ4v) is 3.08. The van der Waals surface area contributed by atoms with Crippen molar-refractivity contribution in [2.75, 3.05) is 0 Å². The number of thioether (sulfide) groups is 2. The zero-order chi connectivity index (χ0) is 13.6. The summed E-state index contributed by atoms with van der Waals surface area (Å²) in [5, 5.41) is 15.0. The molecule has 3 rings (SSSR count). The van der Waals surface area contributed by atoms with E-state index in [9.17, 15) is 0 Å². The molecule has 0 spiro atoms. The van der Waals surface area contributed by atoms with Gasteiger partial charge in [-0.1, -0.05) is 47.8 Å². The van der Waals surface area contributed by atoms with Crippen LogP contribution in [0.2, 0.25) is 0 Å². The van der Waals surface area contributed by atoms with E-state index in [0.717, 1.165) is 21.8 Å². The van der Waals surface area contributed by atoms with Crippen molar-refractivity contribution in [2.24, 2.45) is 0 Å². The highest BCUT2D eigenvalue weighted by Gasteiger charge is 2.02. The fourth-order valence-electron chi connectivity index (χ4n) is 1.64. The number of hydrogen-bond acceptors (Lipinski definition) is 6. The Labute approximate surface area is 124 Å². The zero-order valence-electron chi connectivity index (χ0n) is 10.5. The van der Waals surface area contributed by atoms with Crippen molar-refractivity contribution in [1.82, 2.24) is 30.4 Å². The van der Waals surface area contributed by atoms with Crippen molar-refractivity contribution >= 4 is 23.5 Å². The van der Waals surface area contributed by atoms with Gasteiger partial charge in [0.15, 0.2) is 10.3 Å². The van der Waals surface area contributed by atoms with Gasteiger partial charge in [-0.05, 0) is 11.1 Å². The Kier molecular flexibility index (Phi) is 4.34. The van der Waals surface area contributed by atoms with E-state index in [1.54, 1.807) is 23.5 Å². The van der Waals surface area contributed by atoms with E-state index in [2.05, 4.69) is 54.6 Å². The number of rotatable bonds is 6. The highest BCUT2D eigenvalue weighted by atomic mass is 32.2. The summed E-state index contributed by atoms with van der Waals surface area (Å²) in [6.45, 7) is 0. The molecule has 0 aliphatic heterocycles. The number of H-pyrrole nitrogens is 2. The normalized spacial score (nSPS) is 10.8. The predicted octanol–water partition coefficient (Wildman–Crippen LogP) is 2.51. The van der Waals surface area contributed by atoms with E-state index in [0.29, 0.717) is 0 Å². The third kappa shape index (κ3) is 3.61. The zero-order valence-corrected chi connectivity index (χ0v) is 12.1. The average Bonchev–Trinajstić information content (AvgIpc) is 3.17. The molecule has 0 amide bonds. The van der Waals surface area contributed by atoms with Crippen molar-refractivity contribution in [2.45, 2.75) is 21.8 Å². The summed E-state index contributed by atoms with van der Waals surface area (Å²) < 4.78 is 0. The molecular formula is C12H12N6S2. The van der Waals surface area contributed by atoms with Crippen molar-refractivity contribution in [3.63, 3.8) is 0 Å². The lowest BCUT2D eigenvalue weighted by Gasteiger charge is -2.03. The van der Waals surface area contributed by atoms with Crippen LogP contribution >= 0.6 is 23.5 Å². The van der Waals surface area contributed by atoms with Crippen molar-refractivity contribution < 1.29 is 0 Å². The predicted molar refractivity (Wildman–Crippen MR) is 78.3 cm³/mol. The molecule has 0 aliphatic carbocycles. The molecule has 0 atom stereocenters. The van der Waals surface area contributed by atoms with Gasteiger partial charge in [-0.25, -0.2) is 9.97 Å². The molecule has 2 heterocycles. The largest absolute Gasteiger partial charge is 0.254 e. The van der Waals surface area contributed by atoms with Gasteiger partial charge >= 0.3 is 0 Å². The maximum absolute atomic E-state index is 4.10. The number of nitrogens with zero attached hydrogens (tertiary/aromatic N) is 4. The maximum atomic E-state index is 4.10. The van der Waals surface area contributed by atoms with Crippen LogP contribution in [-0.2, 0) is 11.5 Å². The minimum absolute atomic E-state index is 0.839. The van der Waals surface area contributed by atoms with Crippen molar-refractivity contribution in [3.05, 3.63) is 48.0 Å². The van der Waals surface area contributed by atoms with Gasteiger partial charge in [0.05, 0.1) is 0 Å². The summed E-state index contributed by atoms with van der Waals surface area (Å²) in [5.74, 6) is 1.74. The molecule has 0 saturated heterocycles. The molecule has 6 nitrogen and oxygen atoms in total. The molecule has 0 saturated carbocycles. The maximum Gasteiger partial charge on any atom is 0.183 e. The molecule has 1 aromatic carbocycles. The first kappa shape index (κ1) is 13.2. The Bertz CT molecular complexity index is 584. The average molecular weight is 304 g/mol. The van der Waals surface area contributed by atoms with Crippen LogP contribution in [-0.4, -0.2) is 30.4 Å². The van der Waals surface area contributed by atoms with Crippen molar-refractivity contribution in [3.8, 4) is 0 Å². The van der Waals surface area contributed by atoms with Crippen LogP contribution in [0.4, 0.5) is 0 Å². The molecule has 8 heteroatoms. The van der Waals surface area contributed by atoms with Gasteiger partial charge in [-0.3, -0.25) is 10.2 Å². The van der Waals surface area contributed by atoms with Gasteiger partial charge in [-0.15, -0.1) is 0 Å². The number of benzene rings is 1. The van der Waals surface area contributed by atoms with E-state index in [1.807, 2.05) is 0 Å². The molecular weight excluding hydrogens is 292 g/mol. The van der Waals surface area contributed by atoms with Crippen LogP contribution < -0.4 is 0 Å². The van der Waals surface area contributed by atoms with Crippen LogP contribution in [0, 0.1) is 0 Å². The third-order valence-corrected chi connectivity index (χ3v) is 4.42. The summed E-state index contributed by atoms with van der Waals surface area (Å²) in [5.41, 5.74) is 2.53. The molecule has 0 bridgehead atoms. The molecule has 3 aromatic rings. The van der Waals surface area contributed by atoms with Gasteiger partial charge in [0.25, 0.3) is 0 Å². The van der Waals surface area contributed by atoms with Crippen LogP contribution in [0.25, 0.3) is 0 Å². The van der Waals surface area contributed by atoms with Crippen molar-refractivity contribution in [1.29, 1.82) is 0 Å². The van der Waals surface area contributed by atoms with Gasteiger partial charge < -0.3 is 0 Å². The topological polar surface area (TPSA) is 83.1 Å². The highest BCUT2D eigenvalue weighted by molar-refractivity contribution is 7.98. The van der Waals surface area contributed by atoms with Crippen LogP contribution in [0.5, 0.6) is 0 Å². The van der Waals surface area contributed by atoms with E-state index in [-0.39, 0.29) is 0 Å². The first-order valence-electron chi connectivity index (χ1n) is 5.94. The number of hydrogen-bond donors (Lipinski definition) is 2. The minimum Gasteiger partial charge on any atom is -0.254 e. The first-order valence-corrected chi connectivity index (χ1v) is 7.91. The second kappa shape index (κ2) is 6.58. The van der Waals surface area contributed by atoms with Crippen LogP contribution in [0.3, 0.4) is 0 Å². The Morgan fingerprint density at radius 3 is 1.85 bits per heavy atom. The number of nitrogens with one attached hydrogen (secondary N) is 2. The van der Waals surface area contributed by atoms with Gasteiger partial charge in [0.1, 0.15) is 12.7 Å². The molecule has 2 aromatic heterocycles. The van der Waals surface area contributed by atoms with Gasteiger partial charge in [0, 0.05) is 11.5 Å². The second-order valence-corrected chi connectivity index (χ2v) is 5.91. The van der Waals surface area contributed by atoms with Crippen LogP contribution in [0.15, 0.2) is 47.2 Å². The summed E-state index contributed by atoms with van der Waals surface area (Å²) in [6.07, 6.45) is 3.04. The summed E-state index contributed by atoms with van der Waals surface area (Å²) in [7, 11) is 0. The minimum atomic E-state index is 0.839. The summed E-state index contributed by atoms with van der Waals surface area (Å²) in [6, 6.07) is 8.51. The van der Waals surface area contributed by atoms with Crippen LogP contribution in [0.1, 0.15) is 11.1 Å². The Morgan fingerprint density at radius 2 is 1.40 bits per heavy atom. The summed E-state index contributed by atoms with van der Waals surface area (Å²) in [4.78, 5) is 8.19. The quantitative estimate of drug-likeness (QED) is 0.681. The number of aromatic nitrogens is 6. The summed E-state index contributed by atoms with van der Waals surface area (Å²) >= 11 is 3.28. The molecule has 0 aliphatic rings. The smallest absolute Gasteiger partial charge is 0.183 e. The molecule has 102 valence electrons. The van der Waals surface area contributed by atoms with E-state index in [4.69, 9.17) is 0 Å². The van der Waals surface area contributed by atoms with E-state index < -0.39 is 0 Å². The van der Waals surface area contributed by atoms with E-state index >= 15 is 0 Å². The fraction of sp³-hybridized carbons (Fsp3) is 0.167. The van der Waals surface area contributed by atoms with Gasteiger partial charge in [0.2, 0.25) is 0 Å². The Hall–Kier alpha value is -1.80. The Balaban J connectivity index is 1.57. The lowest BCUT2D eigenvalue weighted by Crippen LogP contribution is -1.87. The molecule has 20 heavy (non-hydrogen) atoms. The standard InChI is InChI=1S/C12H12N6S2/c1-2-9(5-19-11-13-7-15-17-11)4-10(3-1)6-20-12-14-8-16-18-12/h1-4,7-8H,5-6H2,(H,13,15,17)(H,14,16,18). The second-order valence-electron chi connectivity index (χ2n) is 3.98. The third-order valence-electron chi connectivity index (χ3n) is 2.53. The molecule has 0 fully saturated rings. The number of aromatic amines is 2. The van der Waals surface area contributed by atoms with Gasteiger partial charge in [-0.2, -0.15) is 10.2 Å². The molecule has 2 N–H and O–H groups in total. The lowest BCUT2D eigenvalue weighted by atomic mass is 10.2. The monoisotopic (exact) mass is 304 g/mol. The molecule has 0 unspecified atom stereocenters. The first-order chi connectivity index (χ1) is 9.90. The SMILES string of the molecule is c1cc(CSc2ncn[nH]2)cc(CSc2ncn[nH]2)c1. The Morgan fingerprint density at radius 1 is 0.850 bits per heavy atom. The van der Waals surface area contributed by atoms with E-state index in [1.165, 1.54) is 23.8 Å².